The van der Waals surface area contributed by atoms with E-state index in [1.165, 1.54) is 0 Å². The zero-order chi connectivity index (χ0) is 17.6. The Bertz CT molecular complexity index is 856. The molecule has 1 aromatic heterocycles. The minimum absolute atomic E-state index is 0.567. The first-order valence-electron chi connectivity index (χ1n) is 8.71. The molecule has 2 heterocycles. The van der Waals surface area contributed by atoms with Crippen LogP contribution in [0.15, 0.2) is 67.1 Å². The van der Waals surface area contributed by atoms with E-state index in [1.54, 1.807) is 6.33 Å². The van der Waals surface area contributed by atoms with Crippen LogP contribution >= 0.6 is 0 Å². The minimum atomic E-state index is 0.567. The number of benzene rings is 2. The second kappa shape index (κ2) is 7.78. The fourth-order valence-corrected chi connectivity index (χ4v) is 2.84. The van der Waals surface area contributed by atoms with Crippen molar-refractivity contribution in [1.29, 1.82) is 0 Å². The maximum absolute atomic E-state index is 5.84. The average Bonchev–Trinajstić information content (AvgIpc) is 3.16. The largest absolute Gasteiger partial charge is 0.492 e. The molecule has 1 aliphatic rings. The topological polar surface area (TPSA) is 50.4 Å². The summed E-state index contributed by atoms with van der Waals surface area (Å²) in [5.41, 5.74) is 3.32. The van der Waals surface area contributed by atoms with Crippen molar-refractivity contribution < 1.29 is 9.47 Å². The van der Waals surface area contributed by atoms with Crippen molar-refractivity contribution >= 4 is 6.08 Å². The molecule has 0 spiro atoms. The highest BCUT2D eigenvalue weighted by atomic mass is 16.5. The van der Waals surface area contributed by atoms with Gasteiger partial charge in [-0.1, -0.05) is 30.3 Å². The SMILES string of the molecule is C1=CN(CCOc2ccc(OCc3ccccc3)cc2)Cc2nc[nH]c21. The smallest absolute Gasteiger partial charge is 0.120 e. The maximum Gasteiger partial charge on any atom is 0.120 e. The van der Waals surface area contributed by atoms with Gasteiger partial charge in [0.1, 0.15) is 24.7 Å². The predicted molar refractivity (Wildman–Crippen MR) is 101 cm³/mol. The van der Waals surface area contributed by atoms with E-state index in [0.717, 1.165) is 41.5 Å². The van der Waals surface area contributed by atoms with E-state index in [0.29, 0.717) is 13.2 Å². The van der Waals surface area contributed by atoms with Gasteiger partial charge < -0.3 is 19.4 Å². The van der Waals surface area contributed by atoms with Crippen LogP contribution < -0.4 is 9.47 Å². The summed E-state index contributed by atoms with van der Waals surface area (Å²) in [6, 6.07) is 17.9. The molecule has 0 amide bonds. The van der Waals surface area contributed by atoms with Crippen LogP contribution in [0.5, 0.6) is 11.5 Å². The lowest BCUT2D eigenvalue weighted by Crippen LogP contribution is -2.25. The number of aromatic nitrogens is 2. The standard InChI is InChI=1S/C21H21N3O2/c1-2-4-17(5-3-1)15-26-19-8-6-18(7-9-19)25-13-12-24-11-10-20-21(14-24)23-16-22-20/h1-11,16H,12-15H2,(H,22,23). The lowest BCUT2D eigenvalue weighted by molar-refractivity contribution is 0.248. The molecular weight excluding hydrogens is 326 g/mol. The van der Waals surface area contributed by atoms with Gasteiger partial charge in [0, 0.05) is 6.20 Å². The third-order valence-electron chi connectivity index (χ3n) is 4.28. The molecule has 0 unspecified atom stereocenters. The van der Waals surface area contributed by atoms with E-state index in [1.807, 2.05) is 48.5 Å². The van der Waals surface area contributed by atoms with Crippen LogP contribution in [-0.2, 0) is 13.2 Å². The molecule has 0 fully saturated rings. The van der Waals surface area contributed by atoms with Crippen molar-refractivity contribution in [1.82, 2.24) is 14.9 Å². The van der Waals surface area contributed by atoms with E-state index in [2.05, 4.69) is 33.2 Å². The molecule has 0 bridgehead atoms. The van der Waals surface area contributed by atoms with Crippen molar-refractivity contribution in [2.24, 2.45) is 0 Å². The van der Waals surface area contributed by atoms with Gasteiger partial charge in [0.05, 0.1) is 30.8 Å². The monoisotopic (exact) mass is 347 g/mol. The Balaban J connectivity index is 1.22. The van der Waals surface area contributed by atoms with E-state index >= 15 is 0 Å². The fraction of sp³-hybridized carbons (Fsp3) is 0.190. The van der Waals surface area contributed by atoms with E-state index < -0.39 is 0 Å². The Labute approximate surface area is 152 Å². The molecule has 0 atom stereocenters. The summed E-state index contributed by atoms with van der Waals surface area (Å²) in [4.78, 5) is 9.63. The molecule has 5 heteroatoms. The predicted octanol–water partition coefficient (Wildman–Crippen LogP) is 3.85. The molecular formula is C21H21N3O2. The van der Waals surface area contributed by atoms with Crippen LogP contribution in [0.3, 0.4) is 0 Å². The normalized spacial score (nSPS) is 12.7. The molecule has 2 aromatic carbocycles. The van der Waals surface area contributed by atoms with Crippen molar-refractivity contribution in [3.05, 3.63) is 84.1 Å². The summed E-state index contributed by atoms with van der Waals surface area (Å²) in [6.45, 7) is 2.81. The molecule has 3 aromatic rings. The highest BCUT2D eigenvalue weighted by Crippen LogP contribution is 2.19. The quantitative estimate of drug-likeness (QED) is 0.705. The third-order valence-corrected chi connectivity index (χ3v) is 4.28. The van der Waals surface area contributed by atoms with Crippen molar-refractivity contribution in [2.75, 3.05) is 13.2 Å². The van der Waals surface area contributed by atoms with Crippen LogP contribution in [-0.4, -0.2) is 28.0 Å². The zero-order valence-corrected chi connectivity index (χ0v) is 14.5. The summed E-state index contributed by atoms with van der Waals surface area (Å²) in [5.74, 6) is 1.68. The van der Waals surface area contributed by atoms with Gasteiger partial charge in [-0.25, -0.2) is 4.98 Å². The first kappa shape index (κ1) is 16.3. The van der Waals surface area contributed by atoms with E-state index in [9.17, 15) is 0 Å². The Hall–Kier alpha value is -3.21. The number of rotatable bonds is 7. The summed E-state index contributed by atoms with van der Waals surface area (Å²) < 4.78 is 11.6. The number of hydrogen-bond acceptors (Lipinski definition) is 4. The van der Waals surface area contributed by atoms with Gasteiger partial charge in [-0.15, -0.1) is 0 Å². The fourth-order valence-electron chi connectivity index (χ4n) is 2.84. The molecule has 5 nitrogen and oxygen atoms in total. The number of fused-ring (bicyclic) bond motifs is 1. The highest BCUT2D eigenvalue weighted by molar-refractivity contribution is 5.49. The van der Waals surface area contributed by atoms with E-state index in [4.69, 9.17) is 9.47 Å². The van der Waals surface area contributed by atoms with Crippen LogP contribution in [0.2, 0.25) is 0 Å². The third kappa shape index (κ3) is 4.06. The second-order valence-electron chi connectivity index (χ2n) is 6.14. The second-order valence-corrected chi connectivity index (χ2v) is 6.14. The summed E-state index contributed by atoms with van der Waals surface area (Å²) in [6.07, 6.45) is 5.85. The van der Waals surface area contributed by atoms with Crippen LogP contribution in [0.4, 0.5) is 0 Å². The lowest BCUT2D eigenvalue weighted by atomic mass is 10.2. The van der Waals surface area contributed by atoms with Crippen LogP contribution in [0, 0.1) is 0 Å². The number of ether oxygens (including phenoxy) is 2. The molecule has 4 rings (SSSR count). The van der Waals surface area contributed by atoms with E-state index in [-0.39, 0.29) is 0 Å². The molecule has 26 heavy (non-hydrogen) atoms. The minimum Gasteiger partial charge on any atom is -0.492 e. The van der Waals surface area contributed by atoms with Gasteiger partial charge in [-0.3, -0.25) is 0 Å². The Morgan fingerprint density at radius 2 is 1.73 bits per heavy atom. The number of aromatic amines is 1. The first-order chi connectivity index (χ1) is 12.9. The molecule has 1 aliphatic heterocycles. The van der Waals surface area contributed by atoms with Gasteiger partial charge in [0.15, 0.2) is 0 Å². The Morgan fingerprint density at radius 1 is 0.962 bits per heavy atom. The van der Waals surface area contributed by atoms with Crippen molar-refractivity contribution in [3.63, 3.8) is 0 Å². The molecule has 0 saturated heterocycles. The highest BCUT2D eigenvalue weighted by Gasteiger charge is 2.12. The number of nitrogens with zero attached hydrogens (tertiary/aromatic N) is 2. The number of imidazole rings is 1. The zero-order valence-electron chi connectivity index (χ0n) is 14.5. The van der Waals surface area contributed by atoms with Gasteiger partial charge in [0.25, 0.3) is 0 Å². The van der Waals surface area contributed by atoms with Gasteiger partial charge in [-0.2, -0.15) is 0 Å². The average molecular weight is 347 g/mol. The summed E-state index contributed by atoms with van der Waals surface area (Å²) in [7, 11) is 0. The molecule has 0 saturated carbocycles. The first-order valence-corrected chi connectivity index (χ1v) is 8.71. The molecule has 1 N–H and O–H groups in total. The van der Waals surface area contributed by atoms with Crippen LogP contribution in [0.1, 0.15) is 17.0 Å². The molecule has 132 valence electrons. The molecule has 0 radical (unpaired) electrons. The summed E-state index contributed by atoms with van der Waals surface area (Å²) >= 11 is 0. The van der Waals surface area contributed by atoms with Crippen molar-refractivity contribution in [3.8, 4) is 11.5 Å². The number of nitrogens with one attached hydrogen (secondary N) is 1. The van der Waals surface area contributed by atoms with Gasteiger partial charge >= 0.3 is 0 Å². The molecule has 0 aliphatic carbocycles. The Kier molecular flexibility index (Phi) is 4.87. The maximum atomic E-state index is 5.84. The number of H-pyrrole nitrogens is 1. The van der Waals surface area contributed by atoms with Gasteiger partial charge in [-0.05, 0) is 35.9 Å². The lowest BCUT2D eigenvalue weighted by Gasteiger charge is -2.22. The van der Waals surface area contributed by atoms with Crippen molar-refractivity contribution in [2.45, 2.75) is 13.2 Å². The summed E-state index contributed by atoms with van der Waals surface area (Å²) in [5, 5.41) is 0. The van der Waals surface area contributed by atoms with Gasteiger partial charge in [0.2, 0.25) is 0 Å². The van der Waals surface area contributed by atoms with Crippen LogP contribution in [0.25, 0.3) is 6.08 Å². The Morgan fingerprint density at radius 3 is 2.54 bits per heavy atom. The number of hydrogen-bond donors (Lipinski definition) is 1.